The number of benzene rings is 1. The lowest BCUT2D eigenvalue weighted by Crippen LogP contribution is -2.08. The molecule has 0 bridgehead atoms. The van der Waals surface area contributed by atoms with Gasteiger partial charge in [-0.25, -0.2) is 0 Å². The molecule has 84 valence electrons. The molecule has 2 aromatic heterocycles. The highest BCUT2D eigenvalue weighted by molar-refractivity contribution is 5.83. The summed E-state index contributed by atoms with van der Waals surface area (Å²) in [5.74, 6) is 0. The Kier molecular flexibility index (Phi) is 2.26. The van der Waals surface area contributed by atoms with Crippen molar-refractivity contribution in [2.24, 2.45) is 0 Å². The summed E-state index contributed by atoms with van der Waals surface area (Å²) < 4.78 is 0. The van der Waals surface area contributed by atoms with E-state index < -0.39 is 0 Å². The van der Waals surface area contributed by atoms with Crippen LogP contribution in [0.3, 0.4) is 0 Å². The Morgan fingerprint density at radius 2 is 2.06 bits per heavy atom. The predicted octanol–water partition coefficient (Wildman–Crippen LogP) is 1.84. The fourth-order valence-electron chi connectivity index (χ4n) is 1.99. The Morgan fingerprint density at radius 1 is 1.18 bits per heavy atom. The number of aromatic amines is 2. The van der Waals surface area contributed by atoms with Crippen LogP contribution in [0.15, 0.2) is 47.7 Å². The molecule has 1 aromatic carbocycles. The van der Waals surface area contributed by atoms with Gasteiger partial charge in [-0.1, -0.05) is 18.2 Å². The van der Waals surface area contributed by atoms with E-state index in [-0.39, 0.29) is 5.56 Å². The highest BCUT2D eigenvalue weighted by Crippen LogP contribution is 2.19. The summed E-state index contributed by atoms with van der Waals surface area (Å²) in [5.41, 5.74) is 2.92. The third kappa shape index (κ3) is 1.85. The van der Waals surface area contributed by atoms with Crippen molar-refractivity contribution in [2.75, 3.05) is 0 Å². The van der Waals surface area contributed by atoms with Gasteiger partial charge in [0.2, 0.25) is 0 Å². The van der Waals surface area contributed by atoms with Crippen LogP contribution in [-0.2, 0) is 6.42 Å². The molecule has 2 heterocycles. The lowest BCUT2D eigenvalue weighted by molar-refractivity contribution is 1.00. The summed E-state index contributed by atoms with van der Waals surface area (Å²) in [4.78, 5) is 21.0. The van der Waals surface area contributed by atoms with E-state index in [4.69, 9.17) is 0 Å². The third-order valence-electron chi connectivity index (χ3n) is 2.76. The first-order valence-electron chi connectivity index (χ1n) is 5.41. The van der Waals surface area contributed by atoms with Gasteiger partial charge in [-0.15, -0.1) is 0 Å². The number of nitrogens with zero attached hydrogens (tertiary/aromatic N) is 1. The van der Waals surface area contributed by atoms with Crippen LogP contribution in [0.5, 0.6) is 0 Å². The molecule has 17 heavy (non-hydrogen) atoms. The number of H-pyrrole nitrogens is 2. The first kappa shape index (κ1) is 9.84. The van der Waals surface area contributed by atoms with E-state index in [1.54, 1.807) is 6.20 Å². The molecule has 3 aromatic rings. The van der Waals surface area contributed by atoms with Crippen molar-refractivity contribution < 1.29 is 0 Å². The molecule has 0 atom stereocenters. The number of rotatable bonds is 2. The second kappa shape index (κ2) is 3.90. The highest BCUT2D eigenvalue weighted by atomic mass is 16.1. The average Bonchev–Trinajstić information content (AvgIpc) is 2.73. The molecule has 0 saturated carbocycles. The van der Waals surface area contributed by atoms with Gasteiger partial charge in [0.1, 0.15) is 0 Å². The van der Waals surface area contributed by atoms with Crippen LogP contribution in [-0.4, -0.2) is 15.0 Å². The summed E-state index contributed by atoms with van der Waals surface area (Å²) >= 11 is 0. The molecule has 0 amide bonds. The van der Waals surface area contributed by atoms with Crippen LogP contribution >= 0.6 is 0 Å². The summed E-state index contributed by atoms with van der Waals surface area (Å²) in [5, 5.41) is 1.18. The molecule has 0 radical (unpaired) electrons. The molecule has 0 aliphatic heterocycles. The second-order valence-electron chi connectivity index (χ2n) is 3.96. The SMILES string of the molecule is O=c1cncc(Cc2c[nH]c3ccccc23)[nH]1. The summed E-state index contributed by atoms with van der Waals surface area (Å²) in [6.07, 6.45) is 5.60. The molecule has 0 saturated heterocycles. The zero-order chi connectivity index (χ0) is 11.7. The molecule has 0 unspecified atom stereocenters. The van der Waals surface area contributed by atoms with Gasteiger partial charge in [-0.2, -0.15) is 0 Å². The van der Waals surface area contributed by atoms with E-state index in [9.17, 15) is 4.79 Å². The van der Waals surface area contributed by atoms with Crippen LogP contribution < -0.4 is 5.56 Å². The first-order chi connectivity index (χ1) is 8.33. The highest BCUT2D eigenvalue weighted by Gasteiger charge is 2.04. The van der Waals surface area contributed by atoms with Crippen molar-refractivity contribution in [3.8, 4) is 0 Å². The summed E-state index contributed by atoms with van der Waals surface area (Å²) in [6, 6.07) is 8.10. The van der Waals surface area contributed by atoms with E-state index in [0.717, 1.165) is 16.8 Å². The molecule has 0 spiro atoms. The van der Waals surface area contributed by atoms with E-state index >= 15 is 0 Å². The maximum Gasteiger partial charge on any atom is 0.266 e. The molecule has 4 heteroatoms. The van der Waals surface area contributed by atoms with Crippen LogP contribution in [0, 0.1) is 0 Å². The van der Waals surface area contributed by atoms with Crippen LogP contribution in [0.25, 0.3) is 10.9 Å². The van der Waals surface area contributed by atoms with E-state index in [1.807, 2.05) is 24.4 Å². The Bertz CT molecular complexity index is 712. The standard InChI is InChI=1S/C13H11N3O/c17-13-8-14-7-10(16-13)5-9-6-15-12-4-2-1-3-11(9)12/h1-4,6-8,15H,5H2,(H,16,17). The maximum absolute atomic E-state index is 11.2. The first-order valence-corrected chi connectivity index (χ1v) is 5.41. The van der Waals surface area contributed by atoms with Crippen molar-refractivity contribution >= 4 is 10.9 Å². The minimum atomic E-state index is -0.164. The van der Waals surface area contributed by atoms with Crippen LogP contribution in [0.1, 0.15) is 11.3 Å². The number of para-hydroxylation sites is 1. The predicted molar refractivity (Wildman–Crippen MR) is 66.0 cm³/mol. The fourth-order valence-corrected chi connectivity index (χ4v) is 1.99. The quantitative estimate of drug-likeness (QED) is 0.699. The van der Waals surface area contributed by atoms with Gasteiger partial charge < -0.3 is 9.97 Å². The normalized spacial score (nSPS) is 10.8. The molecule has 2 N–H and O–H groups in total. The lowest BCUT2D eigenvalue weighted by Gasteiger charge is -1.99. The van der Waals surface area contributed by atoms with Gasteiger partial charge in [0, 0.05) is 35.4 Å². The Morgan fingerprint density at radius 3 is 2.94 bits per heavy atom. The largest absolute Gasteiger partial charge is 0.361 e. The van der Waals surface area contributed by atoms with E-state index in [0.29, 0.717) is 6.42 Å². The van der Waals surface area contributed by atoms with Crippen molar-refractivity contribution in [1.29, 1.82) is 0 Å². The molecule has 0 aliphatic rings. The van der Waals surface area contributed by atoms with E-state index in [1.165, 1.54) is 11.6 Å². The summed E-state index contributed by atoms with van der Waals surface area (Å²) in [7, 11) is 0. The summed E-state index contributed by atoms with van der Waals surface area (Å²) in [6.45, 7) is 0. The fraction of sp³-hybridized carbons (Fsp3) is 0.0769. The number of hydrogen-bond acceptors (Lipinski definition) is 2. The van der Waals surface area contributed by atoms with E-state index in [2.05, 4.69) is 21.0 Å². The molecule has 3 rings (SSSR count). The minimum Gasteiger partial charge on any atom is -0.361 e. The van der Waals surface area contributed by atoms with Gasteiger partial charge in [0.25, 0.3) is 5.56 Å². The van der Waals surface area contributed by atoms with Gasteiger partial charge in [0.05, 0.1) is 6.20 Å². The van der Waals surface area contributed by atoms with Crippen molar-refractivity contribution in [1.82, 2.24) is 15.0 Å². The molecular formula is C13H11N3O. The van der Waals surface area contributed by atoms with Crippen molar-refractivity contribution in [3.05, 3.63) is 64.5 Å². The number of aromatic nitrogens is 3. The number of nitrogens with one attached hydrogen (secondary N) is 2. The van der Waals surface area contributed by atoms with Gasteiger partial charge in [0.15, 0.2) is 0 Å². The molecule has 0 aliphatic carbocycles. The minimum absolute atomic E-state index is 0.164. The molecule has 0 fully saturated rings. The lowest BCUT2D eigenvalue weighted by atomic mass is 10.1. The van der Waals surface area contributed by atoms with Crippen LogP contribution in [0.2, 0.25) is 0 Å². The molecular weight excluding hydrogens is 214 g/mol. The Balaban J connectivity index is 2.03. The average molecular weight is 225 g/mol. The van der Waals surface area contributed by atoms with Gasteiger partial charge >= 0.3 is 0 Å². The second-order valence-corrected chi connectivity index (χ2v) is 3.96. The molecule has 4 nitrogen and oxygen atoms in total. The zero-order valence-electron chi connectivity index (χ0n) is 9.10. The van der Waals surface area contributed by atoms with Crippen molar-refractivity contribution in [3.63, 3.8) is 0 Å². The third-order valence-corrected chi connectivity index (χ3v) is 2.76. The zero-order valence-corrected chi connectivity index (χ0v) is 9.10. The maximum atomic E-state index is 11.2. The number of hydrogen-bond donors (Lipinski definition) is 2. The topological polar surface area (TPSA) is 61.5 Å². The van der Waals surface area contributed by atoms with Crippen molar-refractivity contribution in [2.45, 2.75) is 6.42 Å². The monoisotopic (exact) mass is 225 g/mol. The van der Waals surface area contributed by atoms with Gasteiger partial charge in [-0.05, 0) is 11.6 Å². The Hall–Kier alpha value is -2.36. The smallest absolute Gasteiger partial charge is 0.266 e. The Labute approximate surface area is 97.3 Å². The van der Waals surface area contributed by atoms with Crippen LogP contribution in [0.4, 0.5) is 0 Å². The number of fused-ring (bicyclic) bond motifs is 1. The van der Waals surface area contributed by atoms with Gasteiger partial charge in [-0.3, -0.25) is 9.78 Å².